The zero-order valence-electron chi connectivity index (χ0n) is 16.1. The molecule has 29 heavy (non-hydrogen) atoms. The van der Waals surface area contributed by atoms with E-state index in [-0.39, 0.29) is 18.5 Å². The first-order valence-corrected chi connectivity index (χ1v) is 9.29. The van der Waals surface area contributed by atoms with Gasteiger partial charge in [-0.1, -0.05) is 30.3 Å². The van der Waals surface area contributed by atoms with Crippen LogP contribution in [-0.2, 0) is 29.5 Å². The molecule has 7 heteroatoms. The summed E-state index contributed by atoms with van der Waals surface area (Å²) in [5, 5.41) is 0.830. The van der Waals surface area contributed by atoms with Crippen LogP contribution in [0.5, 0.6) is 0 Å². The topological polar surface area (TPSA) is 83.4 Å². The number of nitrogens with zero attached hydrogens (tertiary/aromatic N) is 2. The number of hydrogen-bond donors (Lipinski definition) is 0. The SMILES string of the molecule is CC(Cn1c(=O)oc2ccccc21)OC(=O)Cc1cc(=O)n(C)c2ccccc12. The maximum atomic E-state index is 12.5. The van der Waals surface area contributed by atoms with Crippen LogP contribution in [0.1, 0.15) is 12.5 Å². The number of oxazole rings is 1. The monoisotopic (exact) mass is 392 g/mol. The number of esters is 1. The molecule has 0 fully saturated rings. The zero-order chi connectivity index (χ0) is 20.5. The highest BCUT2D eigenvalue weighted by atomic mass is 16.5. The van der Waals surface area contributed by atoms with E-state index in [9.17, 15) is 14.4 Å². The lowest BCUT2D eigenvalue weighted by molar-refractivity contribution is -0.147. The van der Waals surface area contributed by atoms with Crippen LogP contribution in [0.4, 0.5) is 0 Å². The second-order valence-electron chi connectivity index (χ2n) is 7.01. The van der Waals surface area contributed by atoms with Crippen LogP contribution in [0.2, 0.25) is 0 Å². The highest BCUT2D eigenvalue weighted by molar-refractivity contribution is 5.86. The fourth-order valence-corrected chi connectivity index (χ4v) is 3.53. The summed E-state index contributed by atoms with van der Waals surface area (Å²) >= 11 is 0. The number of ether oxygens (including phenoxy) is 1. The van der Waals surface area contributed by atoms with Crippen molar-refractivity contribution in [2.75, 3.05) is 0 Å². The van der Waals surface area contributed by atoms with Gasteiger partial charge in [-0.25, -0.2) is 4.79 Å². The molecule has 0 bridgehead atoms. The quantitative estimate of drug-likeness (QED) is 0.488. The Hall–Kier alpha value is -3.61. The maximum Gasteiger partial charge on any atom is 0.420 e. The molecule has 0 saturated carbocycles. The molecular weight excluding hydrogens is 372 g/mol. The third-order valence-corrected chi connectivity index (χ3v) is 4.92. The van der Waals surface area contributed by atoms with Gasteiger partial charge in [0.15, 0.2) is 5.58 Å². The lowest BCUT2D eigenvalue weighted by Crippen LogP contribution is -2.26. The molecule has 2 aromatic heterocycles. The Morgan fingerprint density at radius 1 is 1.07 bits per heavy atom. The van der Waals surface area contributed by atoms with Crippen LogP contribution < -0.4 is 11.3 Å². The summed E-state index contributed by atoms with van der Waals surface area (Å²) in [6, 6.07) is 16.0. The minimum absolute atomic E-state index is 0.0258. The van der Waals surface area contributed by atoms with Crippen molar-refractivity contribution in [3.8, 4) is 0 Å². The van der Waals surface area contributed by atoms with E-state index in [4.69, 9.17) is 9.15 Å². The standard InChI is InChI=1S/C22H20N2O5/c1-14(13-24-18-9-5-6-10-19(18)29-22(24)27)28-21(26)12-15-11-20(25)23(2)17-8-4-3-7-16(15)17/h3-11,14H,12-13H2,1-2H3. The van der Waals surface area contributed by atoms with E-state index in [1.807, 2.05) is 30.3 Å². The summed E-state index contributed by atoms with van der Waals surface area (Å²) in [5.41, 5.74) is 2.33. The van der Waals surface area contributed by atoms with Gasteiger partial charge in [-0.3, -0.25) is 14.2 Å². The number of benzene rings is 2. The molecule has 2 aromatic carbocycles. The van der Waals surface area contributed by atoms with Crippen molar-refractivity contribution in [2.45, 2.75) is 26.0 Å². The number of rotatable bonds is 5. The molecule has 0 aliphatic heterocycles. The van der Waals surface area contributed by atoms with Gasteiger partial charge in [-0.05, 0) is 30.7 Å². The normalized spacial score (nSPS) is 12.3. The van der Waals surface area contributed by atoms with Crippen molar-refractivity contribution in [2.24, 2.45) is 7.05 Å². The van der Waals surface area contributed by atoms with Crippen molar-refractivity contribution in [3.05, 3.63) is 81.1 Å². The molecule has 0 aliphatic rings. The van der Waals surface area contributed by atoms with E-state index in [2.05, 4.69) is 0 Å². The van der Waals surface area contributed by atoms with E-state index in [0.29, 0.717) is 16.7 Å². The molecule has 4 rings (SSSR count). The fourth-order valence-electron chi connectivity index (χ4n) is 3.53. The molecule has 0 amide bonds. The number of carbonyl (C=O) groups excluding carboxylic acids is 1. The molecule has 0 saturated heterocycles. The van der Waals surface area contributed by atoms with Crippen molar-refractivity contribution < 1.29 is 13.9 Å². The summed E-state index contributed by atoms with van der Waals surface area (Å²) in [5.74, 6) is -0.955. The summed E-state index contributed by atoms with van der Waals surface area (Å²) in [4.78, 5) is 36.8. The molecule has 1 unspecified atom stereocenters. The van der Waals surface area contributed by atoms with Gasteiger partial charge < -0.3 is 13.7 Å². The zero-order valence-corrected chi connectivity index (χ0v) is 16.1. The first-order valence-electron chi connectivity index (χ1n) is 9.29. The first-order chi connectivity index (χ1) is 13.9. The third kappa shape index (κ3) is 3.59. The second kappa shape index (κ2) is 7.43. The smallest absolute Gasteiger partial charge is 0.420 e. The van der Waals surface area contributed by atoms with E-state index < -0.39 is 17.8 Å². The Balaban J connectivity index is 1.52. The molecule has 0 N–H and O–H groups in total. The van der Waals surface area contributed by atoms with Crippen molar-refractivity contribution in [1.82, 2.24) is 9.13 Å². The Kier molecular flexibility index (Phi) is 4.80. The molecule has 2 heterocycles. The highest BCUT2D eigenvalue weighted by Gasteiger charge is 2.17. The predicted molar refractivity (Wildman–Crippen MR) is 109 cm³/mol. The van der Waals surface area contributed by atoms with Crippen molar-refractivity contribution in [3.63, 3.8) is 0 Å². The molecule has 7 nitrogen and oxygen atoms in total. The molecule has 1 atom stereocenters. The van der Waals surface area contributed by atoms with Crippen LogP contribution in [0.25, 0.3) is 22.0 Å². The summed E-state index contributed by atoms with van der Waals surface area (Å²) in [6.45, 7) is 1.90. The lowest BCUT2D eigenvalue weighted by Gasteiger charge is -2.15. The number of para-hydroxylation sites is 3. The van der Waals surface area contributed by atoms with Crippen LogP contribution in [0, 0.1) is 0 Å². The number of aryl methyl sites for hydroxylation is 1. The van der Waals surface area contributed by atoms with Crippen LogP contribution in [0.3, 0.4) is 0 Å². The summed E-state index contributed by atoms with van der Waals surface area (Å²) < 4.78 is 13.7. The maximum absolute atomic E-state index is 12.5. The van der Waals surface area contributed by atoms with E-state index in [1.54, 1.807) is 36.7 Å². The summed E-state index contributed by atoms with van der Waals surface area (Å²) in [6.07, 6.45) is -0.568. The second-order valence-corrected chi connectivity index (χ2v) is 7.01. The molecule has 0 radical (unpaired) electrons. The van der Waals surface area contributed by atoms with E-state index in [1.165, 1.54) is 10.6 Å². The molecule has 0 spiro atoms. The largest absolute Gasteiger partial charge is 0.461 e. The molecule has 0 aliphatic carbocycles. The minimum Gasteiger partial charge on any atom is -0.461 e. The van der Waals surface area contributed by atoms with E-state index >= 15 is 0 Å². The van der Waals surface area contributed by atoms with Gasteiger partial charge in [0.1, 0.15) is 6.10 Å². The van der Waals surface area contributed by atoms with Crippen LogP contribution in [0.15, 0.2) is 68.6 Å². The third-order valence-electron chi connectivity index (χ3n) is 4.92. The minimum atomic E-state index is -0.543. The molecule has 148 valence electrons. The first kappa shape index (κ1) is 18.7. The predicted octanol–water partition coefficient (Wildman–Crippen LogP) is 2.62. The van der Waals surface area contributed by atoms with Gasteiger partial charge in [0.05, 0.1) is 24.0 Å². The average Bonchev–Trinajstić information content (AvgIpc) is 3.01. The van der Waals surface area contributed by atoms with Gasteiger partial charge in [-0.2, -0.15) is 0 Å². The lowest BCUT2D eigenvalue weighted by atomic mass is 10.1. The number of fused-ring (bicyclic) bond motifs is 2. The molecule has 4 aromatic rings. The number of pyridine rings is 1. The van der Waals surface area contributed by atoms with Gasteiger partial charge in [0, 0.05) is 18.5 Å². The number of aromatic nitrogens is 2. The Labute approximate surface area is 165 Å². The highest BCUT2D eigenvalue weighted by Crippen LogP contribution is 2.18. The van der Waals surface area contributed by atoms with Gasteiger partial charge in [0.2, 0.25) is 0 Å². The summed E-state index contributed by atoms with van der Waals surface area (Å²) in [7, 11) is 1.70. The van der Waals surface area contributed by atoms with Gasteiger partial charge >= 0.3 is 11.7 Å². The number of carbonyl (C=O) groups is 1. The number of hydrogen-bond acceptors (Lipinski definition) is 5. The molecular formula is C22H20N2O5. The van der Waals surface area contributed by atoms with Gasteiger partial charge in [-0.15, -0.1) is 0 Å². The van der Waals surface area contributed by atoms with Gasteiger partial charge in [0.25, 0.3) is 5.56 Å². The Morgan fingerprint density at radius 3 is 2.55 bits per heavy atom. The van der Waals surface area contributed by atoms with Crippen LogP contribution in [-0.4, -0.2) is 21.2 Å². The van der Waals surface area contributed by atoms with Crippen LogP contribution >= 0.6 is 0 Å². The fraction of sp³-hybridized carbons (Fsp3) is 0.227. The Bertz CT molecular complexity index is 1330. The van der Waals surface area contributed by atoms with Crippen molar-refractivity contribution in [1.29, 1.82) is 0 Å². The van der Waals surface area contributed by atoms with E-state index in [0.717, 1.165) is 10.9 Å². The Morgan fingerprint density at radius 2 is 1.76 bits per heavy atom. The average molecular weight is 392 g/mol. The van der Waals surface area contributed by atoms with Crippen molar-refractivity contribution >= 4 is 28.0 Å².